The molecule has 1 amide bonds. The first-order valence-corrected chi connectivity index (χ1v) is 6.15. The van der Waals surface area contributed by atoms with Gasteiger partial charge in [-0.05, 0) is 13.8 Å². The number of amides is 1. The standard InChI is InChI=1S/C11H18N4O3S/c1-11(2,19)8(10(17)18)15-9(16)7(12)3-6-4-13-5-14-6/h4-5,7-8,19H,3,12H2,1-2H3,(H,13,14)(H,15,16)(H,17,18)/t7-,8-/m0/s1. The average Bonchev–Trinajstić information content (AvgIpc) is 2.75. The molecule has 1 aromatic rings. The molecule has 0 aliphatic rings. The third-order valence-electron chi connectivity index (χ3n) is 2.57. The van der Waals surface area contributed by atoms with Gasteiger partial charge in [-0.1, -0.05) is 0 Å². The highest BCUT2D eigenvalue weighted by molar-refractivity contribution is 7.81. The molecule has 0 bridgehead atoms. The van der Waals surface area contributed by atoms with Crippen LogP contribution in [0.2, 0.25) is 0 Å². The Labute approximate surface area is 116 Å². The maximum absolute atomic E-state index is 11.9. The number of carboxylic acid groups (broad SMARTS) is 1. The summed E-state index contributed by atoms with van der Waals surface area (Å²) in [6.07, 6.45) is 3.30. The quantitative estimate of drug-likeness (QED) is 0.454. The number of aromatic amines is 1. The van der Waals surface area contributed by atoms with E-state index >= 15 is 0 Å². The highest BCUT2D eigenvalue weighted by Gasteiger charge is 2.34. The monoisotopic (exact) mass is 286 g/mol. The second-order valence-electron chi connectivity index (χ2n) is 4.82. The van der Waals surface area contributed by atoms with Crippen molar-refractivity contribution >= 4 is 24.5 Å². The maximum Gasteiger partial charge on any atom is 0.327 e. The van der Waals surface area contributed by atoms with Crippen molar-refractivity contribution in [1.82, 2.24) is 15.3 Å². The largest absolute Gasteiger partial charge is 0.480 e. The number of carboxylic acids is 1. The number of hydrogen-bond acceptors (Lipinski definition) is 5. The van der Waals surface area contributed by atoms with E-state index in [1.54, 1.807) is 20.0 Å². The Morgan fingerprint density at radius 2 is 2.26 bits per heavy atom. The Morgan fingerprint density at radius 1 is 1.63 bits per heavy atom. The van der Waals surface area contributed by atoms with Crippen LogP contribution in [0.3, 0.4) is 0 Å². The Kier molecular flexibility index (Phi) is 4.96. The molecule has 0 fully saturated rings. The summed E-state index contributed by atoms with van der Waals surface area (Å²) in [5.41, 5.74) is 6.43. The lowest BCUT2D eigenvalue weighted by molar-refractivity contribution is -0.142. The van der Waals surface area contributed by atoms with Gasteiger partial charge in [0.2, 0.25) is 5.91 Å². The Balaban J connectivity index is 2.64. The van der Waals surface area contributed by atoms with Gasteiger partial charge >= 0.3 is 5.97 Å². The number of carbonyl (C=O) groups excluding carboxylic acids is 1. The van der Waals surface area contributed by atoms with Crippen molar-refractivity contribution in [1.29, 1.82) is 0 Å². The zero-order valence-electron chi connectivity index (χ0n) is 10.8. The maximum atomic E-state index is 11.9. The zero-order valence-corrected chi connectivity index (χ0v) is 11.6. The summed E-state index contributed by atoms with van der Waals surface area (Å²) in [4.78, 5) is 29.6. The molecule has 7 nitrogen and oxygen atoms in total. The summed E-state index contributed by atoms with van der Waals surface area (Å²) < 4.78 is -0.894. The lowest BCUT2D eigenvalue weighted by Gasteiger charge is -2.27. The van der Waals surface area contributed by atoms with Crippen molar-refractivity contribution in [3.63, 3.8) is 0 Å². The number of imidazole rings is 1. The average molecular weight is 286 g/mol. The van der Waals surface area contributed by atoms with Gasteiger partial charge in [-0.2, -0.15) is 12.6 Å². The second kappa shape index (κ2) is 6.07. The normalized spacial score (nSPS) is 14.7. The molecule has 0 unspecified atom stereocenters. The third-order valence-corrected chi connectivity index (χ3v) is 2.83. The molecule has 0 radical (unpaired) electrons. The van der Waals surface area contributed by atoms with E-state index in [2.05, 4.69) is 27.9 Å². The number of H-pyrrole nitrogens is 1. The number of hydrogen-bond donors (Lipinski definition) is 5. The summed E-state index contributed by atoms with van der Waals surface area (Å²) in [5, 5.41) is 11.5. The van der Waals surface area contributed by atoms with Gasteiger partial charge in [-0.15, -0.1) is 0 Å². The Hall–Kier alpha value is -1.54. The summed E-state index contributed by atoms with van der Waals surface area (Å²) in [6, 6.07) is -1.96. The van der Waals surface area contributed by atoms with Crippen molar-refractivity contribution in [2.24, 2.45) is 5.73 Å². The molecule has 0 aromatic carbocycles. The molecule has 106 valence electrons. The number of thiol groups is 1. The first kappa shape index (κ1) is 15.5. The van der Waals surface area contributed by atoms with Crippen LogP contribution in [0.15, 0.2) is 12.5 Å². The molecule has 19 heavy (non-hydrogen) atoms. The van der Waals surface area contributed by atoms with E-state index in [-0.39, 0.29) is 6.42 Å². The number of carbonyl (C=O) groups is 2. The molecule has 0 aliphatic heterocycles. The van der Waals surface area contributed by atoms with Crippen LogP contribution in [-0.2, 0) is 16.0 Å². The predicted molar refractivity (Wildman–Crippen MR) is 72.9 cm³/mol. The van der Waals surface area contributed by atoms with Crippen molar-refractivity contribution in [2.75, 3.05) is 0 Å². The zero-order chi connectivity index (χ0) is 14.6. The van der Waals surface area contributed by atoms with Crippen LogP contribution in [0, 0.1) is 0 Å². The van der Waals surface area contributed by atoms with Crippen LogP contribution in [0.5, 0.6) is 0 Å². The number of rotatable bonds is 6. The van der Waals surface area contributed by atoms with E-state index in [4.69, 9.17) is 10.8 Å². The van der Waals surface area contributed by atoms with Gasteiger partial charge in [0, 0.05) is 23.1 Å². The van der Waals surface area contributed by atoms with E-state index in [1.807, 2.05) is 0 Å². The van der Waals surface area contributed by atoms with Gasteiger partial charge in [0.1, 0.15) is 6.04 Å². The summed E-state index contributed by atoms with van der Waals surface area (Å²) in [6.45, 7) is 3.21. The Morgan fingerprint density at radius 3 is 2.68 bits per heavy atom. The van der Waals surface area contributed by atoms with Crippen molar-refractivity contribution in [2.45, 2.75) is 37.1 Å². The molecule has 2 atom stereocenters. The third kappa shape index (κ3) is 4.56. The van der Waals surface area contributed by atoms with Gasteiger partial charge in [-0.3, -0.25) is 4.79 Å². The van der Waals surface area contributed by atoms with Crippen LogP contribution < -0.4 is 11.1 Å². The molecule has 5 N–H and O–H groups in total. The smallest absolute Gasteiger partial charge is 0.327 e. The van der Waals surface area contributed by atoms with E-state index < -0.39 is 28.7 Å². The van der Waals surface area contributed by atoms with E-state index in [1.165, 1.54) is 6.33 Å². The first-order valence-electron chi connectivity index (χ1n) is 5.70. The highest BCUT2D eigenvalue weighted by atomic mass is 32.1. The molecule has 1 rings (SSSR count). The van der Waals surface area contributed by atoms with Crippen molar-refractivity contribution in [3.8, 4) is 0 Å². The minimum absolute atomic E-state index is 0.255. The highest BCUT2D eigenvalue weighted by Crippen LogP contribution is 2.18. The number of nitrogens with zero attached hydrogens (tertiary/aromatic N) is 1. The van der Waals surface area contributed by atoms with Gasteiger partial charge in [0.15, 0.2) is 0 Å². The van der Waals surface area contributed by atoms with Crippen LogP contribution in [0.25, 0.3) is 0 Å². The molecule has 0 saturated heterocycles. The fourth-order valence-electron chi connectivity index (χ4n) is 1.52. The minimum atomic E-state index is -1.15. The van der Waals surface area contributed by atoms with Crippen LogP contribution in [0.1, 0.15) is 19.5 Å². The van der Waals surface area contributed by atoms with E-state index in [0.717, 1.165) is 0 Å². The number of aliphatic carboxylic acids is 1. The molecule has 0 spiro atoms. The first-order chi connectivity index (χ1) is 8.71. The van der Waals surface area contributed by atoms with Crippen molar-refractivity contribution < 1.29 is 14.7 Å². The number of nitrogens with one attached hydrogen (secondary N) is 2. The molecule has 0 saturated carbocycles. The van der Waals surface area contributed by atoms with E-state index in [9.17, 15) is 9.59 Å². The van der Waals surface area contributed by atoms with Gasteiger partial charge in [-0.25, -0.2) is 9.78 Å². The van der Waals surface area contributed by atoms with Crippen LogP contribution >= 0.6 is 12.6 Å². The SMILES string of the molecule is CC(C)(S)[C@@H](NC(=O)[C@@H](N)Cc1cnc[nH]1)C(=O)O. The predicted octanol–water partition coefficient (Wildman–Crippen LogP) is -0.443. The molecule has 0 aliphatic carbocycles. The van der Waals surface area contributed by atoms with E-state index in [0.29, 0.717) is 5.69 Å². The molecule has 8 heteroatoms. The van der Waals surface area contributed by atoms with Gasteiger partial charge in [0.05, 0.1) is 12.4 Å². The molecular formula is C11H18N4O3S. The van der Waals surface area contributed by atoms with Crippen molar-refractivity contribution in [3.05, 3.63) is 18.2 Å². The van der Waals surface area contributed by atoms with Gasteiger partial charge < -0.3 is 21.1 Å². The summed E-state index contributed by atoms with van der Waals surface area (Å²) in [5.74, 6) is -1.69. The Bertz CT molecular complexity index is 441. The fourth-order valence-corrected chi connectivity index (χ4v) is 1.69. The molecular weight excluding hydrogens is 268 g/mol. The minimum Gasteiger partial charge on any atom is -0.480 e. The fraction of sp³-hybridized carbons (Fsp3) is 0.545. The number of nitrogens with two attached hydrogens (primary N) is 1. The lowest BCUT2D eigenvalue weighted by Crippen LogP contribution is -2.55. The summed E-state index contributed by atoms with van der Waals surface area (Å²) in [7, 11) is 0. The lowest BCUT2D eigenvalue weighted by atomic mass is 10.0. The number of aromatic nitrogens is 2. The topological polar surface area (TPSA) is 121 Å². The molecule has 1 heterocycles. The van der Waals surface area contributed by atoms with Crippen LogP contribution in [0.4, 0.5) is 0 Å². The molecule has 1 aromatic heterocycles. The second-order valence-corrected chi connectivity index (χ2v) is 5.97. The summed E-state index contributed by atoms with van der Waals surface area (Å²) >= 11 is 4.17. The van der Waals surface area contributed by atoms with Crippen LogP contribution in [-0.4, -0.2) is 43.8 Å². The van der Waals surface area contributed by atoms with Gasteiger partial charge in [0.25, 0.3) is 0 Å².